The Labute approximate surface area is 220 Å². The molecule has 0 N–H and O–H groups in total. The van der Waals surface area contributed by atoms with Crippen molar-refractivity contribution in [3.8, 4) is 0 Å². The Morgan fingerprint density at radius 2 is 1.08 bits per heavy atom. The van der Waals surface area contributed by atoms with Gasteiger partial charge < -0.3 is 28.5 Å². The van der Waals surface area contributed by atoms with Crippen LogP contribution in [-0.4, -0.2) is 103 Å². The van der Waals surface area contributed by atoms with E-state index in [0.29, 0.717) is 44.4 Å². The molecule has 38 heavy (non-hydrogen) atoms. The second-order valence-corrected chi connectivity index (χ2v) is 10.6. The zero-order chi connectivity index (χ0) is 26.8. The van der Waals surface area contributed by atoms with Crippen LogP contribution in [0.4, 0.5) is 0 Å². The molecule has 0 saturated carbocycles. The maximum absolute atomic E-state index is 12.3. The molecule has 0 unspecified atom stereocenters. The molecule has 7 saturated heterocycles. The van der Waals surface area contributed by atoms with Gasteiger partial charge in [0.05, 0.1) is 21.3 Å². The smallest absolute Gasteiger partial charge is 0.457 e. The molecule has 0 aromatic heterocycles. The van der Waals surface area contributed by atoms with E-state index in [-0.39, 0.29) is 37.2 Å². The Morgan fingerprint density at radius 3 is 1.42 bits per heavy atom. The molecule has 206 valence electrons. The summed E-state index contributed by atoms with van der Waals surface area (Å²) < 4.78 is 35.0. The van der Waals surface area contributed by atoms with Crippen molar-refractivity contribution < 1.29 is 42.9 Å². The number of ether oxygens (including phenoxy) is 3. The summed E-state index contributed by atoms with van der Waals surface area (Å²) in [5, 5.41) is 5.70. The fourth-order valence-corrected chi connectivity index (χ4v) is 7.03. The van der Waals surface area contributed by atoms with Gasteiger partial charge in [0, 0.05) is 38.9 Å². The molecule has 7 heterocycles. The van der Waals surface area contributed by atoms with E-state index in [0.717, 1.165) is 0 Å². The van der Waals surface area contributed by atoms with Gasteiger partial charge in [0.1, 0.15) is 17.0 Å². The van der Waals surface area contributed by atoms with Gasteiger partial charge >= 0.3 is 24.7 Å². The number of carbonyl (C=O) groups excluding carboxylic acids is 3. The fraction of sp³-hybridized carbons (Fsp3) is 0.625. The van der Waals surface area contributed by atoms with Gasteiger partial charge in [0.2, 0.25) is 0 Å². The lowest BCUT2D eigenvalue weighted by Crippen LogP contribution is -3.04. The highest BCUT2D eigenvalue weighted by Gasteiger charge is 2.81. The molecule has 7 aliphatic rings. The molecular weight excluding hydrogens is 499 g/mol. The lowest BCUT2D eigenvalue weighted by atomic mass is 9.66. The molecule has 0 atom stereocenters. The number of nitrogens with zero attached hydrogens (tertiary/aromatic N) is 4. The average molecular weight is 531 g/mol. The van der Waals surface area contributed by atoms with E-state index in [2.05, 4.69) is 4.90 Å². The fourth-order valence-electron chi connectivity index (χ4n) is 7.03. The van der Waals surface area contributed by atoms with Gasteiger partial charge in [-0.2, -0.15) is 15.2 Å². The molecule has 0 spiro atoms. The standard InChI is InChI=1S/C24H32BN4O9/c1-33-19(30)9-12-22-15-26-16-23(13-10-20(31)34-2)27(22)36-25(18-7-5-4-6-8-18)37-28(22)24(17-26,29(23)38-25)14-11-21(32)35-3/h4-8H,9-17H2,1-3H3/q-1. The van der Waals surface area contributed by atoms with E-state index in [1.807, 2.05) is 45.5 Å². The predicted molar refractivity (Wildman–Crippen MR) is 129 cm³/mol. The van der Waals surface area contributed by atoms with E-state index in [4.69, 9.17) is 28.5 Å². The van der Waals surface area contributed by atoms with Gasteiger partial charge in [-0.05, 0) is 19.3 Å². The van der Waals surface area contributed by atoms with Crippen LogP contribution in [0.2, 0.25) is 0 Å². The minimum Gasteiger partial charge on any atom is -0.469 e. The van der Waals surface area contributed by atoms with Crippen LogP contribution in [0, 0.1) is 0 Å². The van der Waals surface area contributed by atoms with E-state index >= 15 is 0 Å². The van der Waals surface area contributed by atoms with Crippen LogP contribution in [0.15, 0.2) is 30.3 Å². The number of piperazine rings is 3. The monoisotopic (exact) mass is 531 g/mol. The van der Waals surface area contributed by atoms with E-state index in [1.54, 1.807) is 0 Å². The minimum absolute atomic E-state index is 0.121. The van der Waals surface area contributed by atoms with Crippen molar-refractivity contribution in [3.63, 3.8) is 0 Å². The summed E-state index contributed by atoms with van der Waals surface area (Å²) in [6.07, 6.45) is 1.38. The summed E-state index contributed by atoms with van der Waals surface area (Å²) >= 11 is 0. The van der Waals surface area contributed by atoms with Gasteiger partial charge in [-0.1, -0.05) is 30.3 Å². The number of esters is 3. The van der Waals surface area contributed by atoms with Crippen LogP contribution in [0.3, 0.4) is 0 Å². The Morgan fingerprint density at radius 1 is 0.711 bits per heavy atom. The molecule has 13 nitrogen and oxygen atoms in total. The first-order valence-corrected chi connectivity index (χ1v) is 12.9. The molecule has 7 fully saturated rings. The summed E-state index contributed by atoms with van der Waals surface area (Å²) in [6, 6.07) is 9.41. The zero-order valence-corrected chi connectivity index (χ0v) is 21.8. The maximum Gasteiger partial charge on any atom is 0.457 e. The number of methoxy groups -OCH3 is 3. The van der Waals surface area contributed by atoms with Crippen LogP contribution in [0.5, 0.6) is 0 Å². The first-order chi connectivity index (χ1) is 18.3. The Kier molecular flexibility index (Phi) is 6.07. The minimum atomic E-state index is -2.47. The lowest BCUT2D eigenvalue weighted by Gasteiger charge is -2.87. The SMILES string of the molecule is COC(=O)CCC12CN3CC4(CCC(=O)OC)N1O[B-]1(c5ccccc5)ON2C(CCC(=O)OC)(C3)N4O1. The first kappa shape index (κ1) is 25.7. The number of hydroxylamine groups is 6. The van der Waals surface area contributed by atoms with E-state index < -0.39 is 23.7 Å². The molecule has 0 aliphatic carbocycles. The van der Waals surface area contributed by atoms with Crippen molar-refractivity contribution in [2.45, 2.75) is 55.5 Å². The molecule has 8 bridgehead atoms. The molecule has 1 aromatic rings. The predicted octanol–water partition coefficient (Wildman–Crippen LogP) is -0.148. The Hall–Kier alpha value is -2.59. The second kappa shape index (κ2) is 8.98. The maximum atomic E-state index is 12.3. The molecule has 8 rings (SSSR count). The first-order valence-electron chi connectivity index (χ1n) is 12.9. The van der Waals surface area contributed by atoms with E-state index in [1.165, 1.54) is 21.3 Å². The van der Waals surface area contributed by atoms with Crippen LogP contribution in [0.1, 0.15) is 38.5 Å². The Balaban J connectivity index is 1.49. The largest absolute Gasteiger partial charge is 0.469 e. The molecule has 0 amide bonds. The molecule has 1 aromatic carbocycles. The van der Waals surface area contributed by atoms with Crippen LogP contribution >= 0.6 is 0 Å². The number of carbonyl (C=O) groups is 3. The van der Waals surface area contributed by atoms with Gasteiger partial charge in [-0.15, -0.1) is 5.46 Å². The van der Waals surface area contributed by atoms with Crippen molar-refractivity contribution in [1.82, 2.24) is 20.1 Å². The van der Waals surface area contributed by atoms with Gasteiger partial charge in [-0.25, -0.2) is 0 Å². The van der Waals surface area contributed by atoms with Crippen LogP contribution < -0.4 is 5.46 Å². The third-order valence-electron chi connectivity index (χ3n) is 8.51. The van der Waals surface area contributed by atoms with Gasteiger partial charge in [-0.3, -0.25) is 19.3 Å². The average Bonchev–Trinajstić information content (AvgIpc) is 2.96. The van der Waals surface area contributed by atoms with Crippen LogP contribution in [-0.2, 0) is 42.9 Å². The van der Waals surface area contributed by atoms with Crippen molar-refractivity contribution >= 4 is 30.1 Å². The third-order valence-corrected chi connectivity index (χ3v) is 8.51. The highest BCUT2D eigenvalue weighted by Crippen LogP contribution is 2.63. The summed E-state index contributed by atoms with van der Waals surface area (Å²) in [7, 11) is 4.08. The highest BCUT2D eigenvalue weighted by molar-refractivity contribution is 6.75. The third kappa shape index (κ3) is 3.41. The number of rotatable bonds is 10. The molecule has 7 aliphatic heterocycles. The van der Waals surface area contributed by atoms with Crippen molar-refractivity contribution in [2.75, 3.05) is 41.0 Å². The Bertz CT molecular complexity index is 1020. The quantitative estimate of drug-likeness (QED) is 0.226. The normalized spacial score (nSPS) is 41.2. The molecule has 0 radical (unpaired) electrons. The summed E-state index contributed by atoms with van der Waals surface area (Å²) in [6.45, 7) is -0.895. The van der Waals surface area contributed by atoms with Crippen molar-refractivity contribution in [3.05, 3.63) is 30.3 Å². The van der Waals surface area contributed by atoms with Gasteiger partial charge in [0.15, 0.2) is 0 Å². The molecule has 14 heteroatoms. The zero-order valence-electron chi connectivity index (χ0n) is 21.8. The van der Waals surface area contributed by atoms with E-state index in [9.17, 15) is 14.4 Å². The van der Waals surface area contributed by atoms with Gasteiger partial charge in [0.25, 0.3) is 0 Å². The number of hydrogen-bond donors (Lipinski definition) is 0. The summed E-state index contributed by atoms with van der Waals surface area (Å²) in [5.74, 6) is -1.06. The number of hydrogen-bond acceptors (Lipinski definition) is 13. The highest BCUT2D eigenvalue weighted by atomic mass is 17.0. The summed E-state index contributed by atoms with van der Waals surface area (Å²) in [4.78, 5) is 39.3. The molecular formula is C24H32BN4O9-. The lowest BCUT2D eigenvalue weighted by molar-refractivity contribution is -0.598. The second-order valence-electron chi connectivity index (χ2n) is 10.6. The van der Waals surface area contributed by atoms with Crippen molar-refractivity contribution in [2.24, 2.45) is 0 Å². The number of benzene rings is 1. The summed E-state index contributed by atoms with van der Waals surface area (Å²) in [5.41, 5.74) is -2.01. The van der Waals surface area contributed by atoms with Crippen LogP contribution in [0.25, 0.3) is 0 Å². The van der Waals surface area contributed by atoms with Crippen molar-refractivity contribution in [1.29, 1.82) is 0 Å². The topological polar surface area (TPSA) is 120 Å².